The summed E-state index contributed by atoms with van der Waals surface area (Å²) in [5, 5.41) is 61.8. The lowest BCUT2D eigenvalue weighted by atomic mass is 9.38. The predicted molar refractivity (Wildman–Crippen MR) is 466 cm³/mol. The summed E-state index contributed by atoms with van der Waals surface area (Å²) in [4.78, 5) is 0. The fourth-order valence-corrected chi connectivity index (χ4v) is 42.9. The van der Waals surface area contributed by atoms with E-state index in [0.29, 0.717) is 35.5 Å². The maximum Gasteiger partial charge on any atom is 0.0709 e. The molecule has 28 saturated carbocycles. The van der Waals surface area contributed by atoms with E-state index in [2.05, 4.69) is 69.2 Å². The molecule has 28 aliphatic rings. The Morgan fingerprint density at radius 3 is 1.10 bits per heavy atom. The standard InChI is InChI=1S/C17H30O2.2C16H26O2.2C15H24O2.C15H24O.C12H20O2/c1-14(2,18)16-7-12-6-13(8-16)10-17(9-12,11-16)15(3,4)19-5;1-16(2,18-3)12-6-8-4-10(12)14-9-5-11(15(8)14)13(17)7-9;1-16(2,18-3)12-6-8-4-10(12)15-11-5-9(14(8)15)7-13(11)17;1-3-15(17-2)7-9-5-11(15)14-8-4-10(13(9)14)12(16)6-8;1-3-15(17-2)7-9-5-11(15)14-10-4-8(13(9)14)6-12(10)16;1-3-15(16-2)8-11-7-12(15)14-10-5-4-9(6-10)13(11)14;1-11(14-2)9-3-8-4-10(11)7-12(13,5-8)6-9/h12-13,18H,6-11H2,1-5H3;2*8-15,17H,4-7H2,1-3H3;2*8-14,16H,3-7H2,1-2H3;9-14H,3-8H2,1-2H3;8-10,13H,3-7H2,1-2H3. The van der Waals surface area contributed by atoms with Gasteiger partial charge in [-0.1, -0.05) is 20.8 Å². The van der Waals surface area contributed by atoms with E-state index in [0.717, 1.165) is 241 Å². The Kier molecular flexibility index (Phi) is 21.8. The number of hydrogen-bond acceptors (Lipinski definition) is 13. The van der Waals surface area contributed by atoms with E-state index in [4.69, 9.17) is 33.2 Å². The summed E-state index contributed by atoms with van der Waals surface area (Å²) in [7, 11) is 13.2. The second-order valence-corrected chi connectivity index (χ2v) is 51.6. The summed E-state index contributed by atoms with van der Waals surface area (Å²) in [6.07, 6.45) is 45.0. The molecule has 676 valence electrons. The van der Waals surface area contributed by atoms with Crippen LogP contribution in [0.4, 0.5) is 0 Å². The van der Waals surface area contributed by atoms with Crippen LogP contribution >= 0.6 is 0 Å². The van der Waals surface area contributed by atoms with Crippen LogP contribution in [0.25, 0.3) is 0 Å². The molecule has 43 unspecified atom stereocenters. The van der Waals surface area contributed by atoms with Crippen molar-refractivity contribution in [3.63, 3.8) is 0 Å². The molecular formula is C106H174O13. The molecule has 28 aliphatic carbocycles. The number of hydrogen-bond donors (Lipinski definition) is 6. The maximum absolute atomic E-state index is 10.8. The highest BCUT2D eigenvalue weighted by molar-refractivity contribution is 5.24. The maximum atomic E-state index is 10.8. The molecule has 6 N–H and O–H groups in total. The zero-order valence-corrected chi connectivity index (χ0v) is 78.5. The summed E-state index contributed by atoms with van der Waals surface area (Å²) in [6.45, 7) is 26.8. The number of methoxy groups -OCH3 is 7. The van der Waals surface area contributed by atoms with E-state index in [1.165, 1.54) is 148 Å². The van der Waals surface area contributed by atoms with E-state index >= 15 is 0 Å². The number of ether oxygens (including phenoxy) is 7. The van der Waals surface area contributed by atoms with E-state index in [1.54, 1.807) is 19.3 Å². The Balaban J connectivity index is 0.0000000890. The van der Waals surface area contributed by atoms with Gasteiger partial charge in [0.05, 0.1) is 74.8 Å². The third-order valence-electron chi connectivity index (χ3n) is 47.6. The first-order chi connectivity index (χ1) is 56.4. The van der Waals surface area contributed by atoms with Gasteiger partial charge >= 0.3 is 0 Å². The number of aliphatic hydroxyl groups excluding tert-OH is 4. The van der Waals surface area contributed by atoms with Crippen LogP contribution in [-0.2, 0) is 33.2 Å². The Morgan fingerprint density at radius 2 is 0.664 bits per heavy atom. The normalized spacial score (nSPS) is 58.2. The van der Waals surface area contributed by atoms with Crippen LogP contribution in [-0.4, -0.2) is 155 Å². The van der Waals surface area contributed by atoms with Crippen LogP contribution in [0.2, 0.25) is 0 Å². The number of rotatable bonds is 14. The quantitative estimate of drug-likeness (QED) is 0.0904. The second-order valence-electron chi connectivity index (χ2n) is 51.6. The SMILES string of the molecule is CCC1(OC)CC2CC1C1C3CC(CC3O)C21.CCC1(OC)CC2CC1C1C3CC(O)C(C3)C21.CCC1(OC)CC2CC1C1C3CCC(C3)C21.COC(C)(C)C12CC3CC(CC(C(C)(C)O)(C3)C1)C2.COC(C)(C)C1CC2CC1C1C3CC(CC3O)C21.COC(C)(C)C1CC2CC1C1C3CC(O)C(C3)C21.COC1(C)C2CC3CC1CC(O)(C3)C2. The highest BCUT2D eigenvalue weighted by atomic mass is 16.5. The minimum absolute atomic E-state index is 0.00649. The molecule has 0 aromatic rings. The molecule has 0 heterocycles. The van der Waals surface area contributed by atoms with Crippen LogP contribution in [0.1, 0.15) is 308 Å². The topological polar surface area (TPSA) is 186 Å². The Labute approximate surface area is 722 Å². The summed E-state index contributed by atoms with van der Waals surface area (Å²) in [5.74, 6) is 31.3. The molecule has 119 heavy (non-hydrogen) atoms. The molecule has 13 heteroatoms. The molecule has 28 bridgehead atoms. The van der Waals surface area contributed by atoms with Gasteiger partial charge in [-0.3, -0.25) is 0 Å². The molecule has 0 radical (unpaired) electrons. The van der Waals surface area contributed by atoms with Crippen molar-refractivity contribution in [2.45, 2.75) is 383 Å². The van der Waals surface area contributed by atoms with Gasteiger partial charge in [0.1, 0.15) is 0 Å². The monoisotopic (exact) mass is 1660 g/mol. The summed E-state index contributed by atoms with van der Waals surface area (Å²) in [6, 6.07) is 0. The van der Waals surface area contributed by atoms with Gasteiger partial charge in [0.15, 0.2) is 0 Å². The molecule has 0 spiro atoms. The summed E-state index contributed by atoms with van der Waals surface area (Å²) >= 11 is 0. The van der Waals surface area contributed by atoms with Crippen molar-refractivity contribution >= 4 is 0 Å². The largest absolute Gasteiger partial charge is 0.393 e. The predicted octanol–water partition coefficient (Wildman–Crippen LogP) is 19.5. The van der Waals surface area contributed by atoms with Crippen LogP contribution in [0, 0.1) is 230 Å². The lowest BCUT2D eigenvalue weighted by Crippen LogP contribution is -2.64. The van der Waals surface area contributed by atoms with Crippen molar-refractivity contribution in [3.05, 3.63) is 0 Å². The summed E-state index contributed by atoms with van der Waals surface area (Å²) in [5.41, 5.74) is 0.243. The molecular weight excluding hydrogens is 1480 g/mol. The molecule has 0 amide bonds. The zero-order valence-electron chi connectivity index (χ0n) is 78.5. The van der Waals surface area contributed by atoms with Crippen LogP contribution < -0.4 is 0 Å². The first-order valence-electron chi connectivity index (χ1n) is 51.5. The van der Waals surface area contributed by atoms with Gasteiger partial charge in [0, 0.05) is 49.8 Å². The van der Waals surface area contributed by atoms with Gasteiger partial charge < -0.3 is 63.8 Å². The number of fused-ring (bicyclic) bond motifs is 45. The number of aliphatic hydroxyl groups is 6. The molecule has 0 aliphatic heterocycles. The van der Waals surface area contributed by atoms with Crippen LogP contribution in [0.3, 0.4) is 0 Å². The minimum atomic E-state index is -0.556. The highest BCUT2D eigenvalue weighted by Gasteiger charge is 2.74. The molecule has 28 rings (SSSR count). The first kappa shape index (κ1) is 86.5. The Hall–Kier alpha value is -0.520. The van der Waals surface area contributed by atoms with Crippen molar-refractivity contribution in [2.75, 3.05) is 49.8 Å². The van der Waals surface area contributed by atoms with Gasteiger partial charge in [-0.25, -0.2) is 0 Å². The fraction of sp³-hybridized carbons (Fsp3) is 1.00. The van der Waals surface area contributed by atoms with E-state index in [1.807, 2.05) is 63.6 Å². The van der Waals surface area contributed by atoms with Crippen molar-refractivity contribution in [1.29, 1.82) is 0 Å². The van der Waals surface area contributed by atoms with Crippen molar-refractivity contribution in [1.82, 2.24) is 0 Å². The van der Waals surface area contributed by atoms with Gasteiger partial charge in [-0.05, 0) is 517 Å². The highest BCUT2D eigenvalue weighted by Crippen LogP contribution is 2.78. The summed E-state index contributed by atoms with van der Waals surface area (Å²) < 4.78 is 41.1. The lowest BCUT2D eigenvalue weighted by molar-refractivity contribution is -0.242. The average molecular weight is 1660 g/mol. The molecule has 28 fully saturated rings. The zero-order chi connectivity index (χ0) is 83.9. The van der Waals surface area contributed by atoms with E-state index in [9.17, 15) is 30.6 Å². The van der Waals surface area contributed by atoms with Gasteiger partial charge in [0.25, 0.3) is 0 Å². The van der Waals surface area contributed by atoms with E-state index in [-0.39, 0.29) is 80.1 Å². The molecule has 13 nitrogen and oxygen atoms in total. The van der Waals surface area contributed by atoms with Gasteiger partial charge in [-0.2, -0.15) is 0 Å². The second kappa shape index (κ2) is 30.0. The smallest absolute Gasteiger partial charge is 0.0709 e. The third-order valence-corrected chi connectivity index (χ3v) is 47.6. The van der Waals surface area contributed by atoms with Crippen molar-refractivity contribution in [3.8, 4) is 0 Å². The Morgan fingerprint density at radius 1 is 0.311 bits per heavy atom. The van der Waals surface area contributed by atoms with Crippen molar-refractivity contribution in [2.24, 2.45) is 230 Å². The third kappa shape index (κ3) is 12.8. The fourth-order valence-electron chi connectivity index (χ4n) is 42.9. The average Bonchev–Trinajstić information content (AvgIpc) is 1.57. The minimum Gasteiger partial charge on any atom is -0.393 e. The van der Waals surface area contributed by atoms with E-state index < -0.39 is 5.60 Å². The van der Waals surface area contributed by atoms with Crippen LogP contribution in [0.5, 0.6) is 0 Å². The molecule has 0 aromatic carbocycles. The molecule has 0 saturated heterocycles. The molecule has 0 aromatic heterocycles. The Bertz CT molecular complexity index is 3610. The van der Waals surface area contributed by atoms with Crippen LogP contribution in [0.15, 0.2) is 0 Å². The van der Waals surface area contributed by atoms with Gasteiger partial charge in [-0.15, -0.1) is 0 Å². The first-order valence-corrected chi connectivity index (χ1v) is 51.5. The molecule has 43 atom stereocenters. The lowest BCUT2D eigenvalue weighted by Gasteiger charge is -2.68. The van der Waals surface area contributed by atoms with Crippen molar-refractivity contribution < 1.29 is 63.8 Å². The van der Waals surface area contributed by atoms with Gasteiger partial charge in [0.2, 0.25) is 0 Å².